The summed E-state index contributed by atoms with van der Waals surface area (Å²) in [7, 11) is 4.15. The molecule has 0 aromatic rings. The smallest absolute Gasteiger partial charge is 0.205 e. The Labute approximate surface area is 99.5 Å². The largest absolute Gasteiger partial charge is 0.353 e. The van der Waals surface area contributed by atoms with E-state index in [4.69, 9.17) is 5.84 Å². The number of nitrogens with one attached hydrogen (secondary N) is 2. The van der Waals surface area contributed by atoms with Crippen LogP contribution in [-0.2, 0) is 0 Å². The van der Waals surface area contributed by atoms with Gasteiger partial charge < -0.3 is 10.2 Å². The topological polar surface area (TPSA) is 65.7 Å². The third-order valence-electron chi connectivity index (χ3n) is 2.31. The summed E-state index contributed by atoms with van der Waals surface area (Å²) in [6, 6.07) is 0.374. The summed E-state index contributed by atoms with van der Waals surface area (Å²) in [5.74, 6) is 6.10. The van der Waals surface area contributed by atoms with Gasteiger partial charge in [0.15, 0.2) is 0 Å². The zero-order chi connectivity index (χ0) is 12.4. The first kappa shape index (κ1) is 15.2. The van der Waals surface area contributed by atoms with E-state index in [1.165, 1.54) is 0 Å². The lowest BCUT2D eigenvalue weighted by Crippen LogP contribution is -2.46. The second kappa shape index (κ2) is 9.42. The normalized spacial score (nSPS) is 14.0. The minimum atomic E-state index is 0.374. The summed E-state index contributed by atoms with van der Waals surface area (Å²) in [5.41, 5.74) is 2.60. The van der Waals surface area contributed by atoms with Crippen molar-refractivity contribution in [3.05, 3.63) is 0 Å². The summed E-state index contributed by atoms with van der Waals surface area (Å²) in [4.78, 5) is 6.52. The number of nitrogens with two attached hydrogens (primary N) is 1. The van der Waals surface area contributed by atoms with Crippen LogP contribution in [0.15, 0.2) is 4.99 Å². The van der Waals surface area contributed by atoms with Crippen LogP contribution in [-0.4, -0.2) is 44.1 Å². The first-order chi connectivity index (χ1) is 7.60. The maximum absolute atomic E-state index is 5.41. The summed E-state index contributed by atoms with van der Waals surface area (Å²) in [6.45, 7) is 6.17. The molecular formula is C11H27N5. The molecule has 5 nitrogen and oxygen atoms in total. The fourth-order valence-electron chi connectivity index (χ4n) is 1.24. The number of hydrogen-bond acceptors (Lipinski definition) is 3. The number of guanidine groups is 1. The highest BCUT2D eigenvalue weighted by Crippen LogP contribution is 1.92. The van der Waals surface area contributed by atoms with Crippen LogP contribution in [0.4, 0.5) is 0 Å². The molecule has 0 aliphatic rings. The van der Waals surface area contributed by atoms with Crippen molar-refractivity contribution in [3.63, 3.8) is 0 Å². The van der Waals surface area contributed by atoms with Crippen LogP contribution in [0.25, 0.3) is 0 Å². The summed E-state index contributed by atoms with van der Waals surface area (Å²) >= 11 is 0. The molecule has 0 heterocycles. The molecule has 0 saturated carbocycles. The molecule has 0 saturated heterocycles. The molecule has 96 valence electrons. The molecule has 0 aromatic heterocycles. The fourth-order valence-corrected chi connectivity index (χ4v) is 1.24. The second-order valence-corrected chi connectivity index (χ2v) is 4.37. The van der Waals surface area contributed by atoms with Crippen molar-refractivity contribution in [2.24, 2.45) is 10.8 Å². The Morgan fingerprint density at radius 1 is 1.44 bits per heavy atom. The SMILES string of the molecule is CCCCN=C(NN)NC(C)CCN(C)C. The maximum atomic E-state index is 5.41. The molecule has 0 radical (unpaired) electrons. The third kappa shape index (κ3) is 8.49. The van der Waals surface area contributed by atoms with Crippen LogP contribution >= 0.6 is 0 Å². The Kier molecular flexibility index (Phi) is 8.94. The predicted octanol–water partition coefficient (Wildman–Crippen LogP) is 0.536. The van der Waals surface area contributed by atoms with Gasteiger partial charge in [0.1, 0.15) is 0 Å². The number of unbranched alkanes of at least 4 members (excludes halogenated alkanes) is 1. The first-order valence-electron chi connectivity index (χ1n) is 6.02. The Morgan fingerprint density at radius 3 is 2.62 bits per heavy atom. The van der Waals surface area contributed by atoms with Crippen molar-refractivity contribution in [3.8, 4) is 0 Å². The summed E-state index contributed by atoms with van der Waals surface area (Å²) in [5, 5.41) is 3.27. The number of nitrogens with zero attached hydrogens (tertiary/aromatic N) is 2. The number of aliphatic imine (C=N–C) groups is 1. The van der Waals surface area contributed by atoms with E-state index in [1.807, 2.05) is 0 Å². The Hall–Kier alpha value is -0.810. The summed E-state index contributed by atoms with van der Waals surface area (Å²) in [6.07, 6.45) is 3.32. The number of hydrogen-bond donors (Lipinski definition) is 3. The van der Waals surface area contributed by atoms with Crippen LogP contribution in [0.5, 0.6) is 0 Å². The molecule has 4 N–H and O–H groups in total. The van der Waals surface area contributed by atoms with Crippen molar-refractivity contribution in [2.75, 3.05) is 27.2 Å². The average Bonchev–Trinajstić information content (AvgIpc) is 2.25. The fraction of sp³-hybridized carbons (Fsp3) is 0.909. The van der Waals surface area contributed by atoms with Crippen molar-refractivity contribution in [1.82, 2.24) is 15.6 Å². The monoisotopic (exact) mass is 229 g/mol. The van der Waals surface area contributed by atoms with Crippen molar-refractivity contribution in [1.29, 1.82) is 0 Å². The zero-order valence-corrected chi connectivity index (χ0v) is 11.1. The quantitative estimate of drug-likeness (QED) is 0.196. The van der Waals surface area contributed by atoms with Crippen molar-refractivity contribution < 1.29 is 0 Å². The van der Waals surface area contributed by atoms with Crippen molar-refractivity contribution in [2.45, 2.75) is 39.2 Å². The lowest BCUT2D eigenvalue weighted by Gasteiger charge is -2.18. The van der Waals surface area contributed by atoms with Gasteiger partial charge in [-0.3, -0.25) is 10.4 Å². The number of rotatable bonds is 7. The second-order valence-electron chi connectivity index (χ2n) is 4.37. The van der Waals surface area contributed by atoms with E-state index in [0.29, 0.717) is 12.0 Å². The van der Waals surface area contributed by atoms with Gasteiger partial charge in [0.2, 0.25) is 5.96 Å². The van der Waals surface area contributed by atoms with Gasteiger partial charge in [-0.1, -0.05) is 13.3 Å². The van der Waals surface area contributed by atoms with Gasteiger partial charge in [-0.2, -0.15) is 0 Å². The predicted molar refractivity (Wildman–Crippen MR) is 70.3 cm³/mol. The third-order valence-corrected chi connectivity index (χ3v) is 2.31. The molecule has 1 unspecified atom stereocenters. The van der Waals surface area contributed by atoms with E-state index in [1.54, 1.807) is 0 Å². The highest BCUT2D eigenvalue weighted by Gasteiger charge is 2.04. The Morgan fingerprint density at radius 2 is 2.12 bits per heavy atom. The lowest BCUT2D eigenvalue weighted by atomic mass is 10.2. The summed E-state index contributed by atoms with van der Waals surface area (Å²) < 4.78 is 0. The van der Waals surface area contributed by atoms with Crippen LogP contribution in [0.1, 0.15) is 33.1 Å². The van der Waals surface area contributed by atoms with E-state index >= 15 is 0 Å². The first-order valence-corrected chi connectivity index (χ1v) is 6.02. The highest BCUT2D eigenvalue weighted by molar-refractivity contribution is 5.79. The van der Waals surface area contributed by atoms with Crippen LogP contribution in [0.3, 0.4) is 0 Å². The van der Waals surface area contributed by atoms with Crippen molar-refractivity contribution >= 4 is 5.96 Å². The van der Waals surface area contributed by atoms with Gasteiger partial charge in [-0.25, -0.2) is 5.84 Å². The molecule has 0 amide bonds. The molecular weight excluding hydrogens is 202 g/mol. The van der Waals surface area contributed by atoms with Gasteiger partial charge in [0, 0.05) is 12.6 Å². The van der Waals surface area contributed by atoms with Crippen LogP contribution in [0, 0.1) is 0 Å². The molecule has 0 aliphatic carbocycles. The van der Waals surface area contributed by atoms with Gasteiger partial charge in [-0.05, 0) is 40.4 Å². The Balaban J connectivity index is 3.86. The zero-order valence-electron chi connectivity index (χ0n) is 11.1. The van der Waals surface area contributed by atoms with Gasteiger partial charge in [-0.15, -0.1) is 0 Å². The van der Waals surface area contributed by atoms with Crippen LogP contribution in [0.2, 0.25) is 0 Å². The molecule has 0 spiro atoms. The Bertz CT molecular complexity index is 191. The highest BCUT2D eigenvalue weighted by atomic mass is 15.3. The maximum Gasteiger partial charge on any atom is 0.205 e. The molecule has 0 aromatic carbocycles. The van der Waals surface area contributed by atoms with E-state index in [-0.39, 0.29) is 0 Å². The number of hydrazine groups is 1. The molecule has 0 aliphatic heterocycles. The van der Waals surface area contributed by atoms with E-state index < -0.39 is 0 Å². The minimum Gasteiger partial charge on any atom is -0.353 e. The van der Waals surface area contributed by atoms with E-state index in [0.717, 1.165) is 32.4 Å². The van der Waals surface area contributed by atoms with E-state index in [9.17, 15) is 0 Å². The molecule has 0 rings (SSSR count). The molecule has 0 bridgehead atoms. The minimum absolute atomic E-state index is 0.374. The van der Waals surface area contributed by atoms with E-state index in [2.05, 4.69) is 48.6 Å². The van der Waals surface area contributed by atoms with Gasteiger partial charge in [0.25, 0.3) is 0 Å². The standard InChI is InChI=1S/C11H27N5/c1-5-6-8-13-11(15-12)14-10(2)7-9-16(3)4/h10H,5-9,12H2,1-4H3,(H2,13,14,15). The van der Waals surface area contributed by atoms with Gasteiger partial charge >= 0.3 is 0 Å². The lowest BCUT2D eigenvalue weighted by molar-refractivity contribution is 0.378. The van der Waals surface area contributed by atoms with Crippen LogP contribution < -0.4 is 16.6 Å². The van der Waals surface area contributed by atoms with Gasteiger partial charge in [0.05, 0.1) is 0 Å². The molecule has 0 fully saturated rings. The average molecular weight is 229 g/mol. The molecule has 1 atom stereocenters. The molecule has 16 heavy (non-hydrogen) atoms. The molecule has 5 heteroatoms.